The molecule has 5 rings (SSSR count). The van der Waals surface area contributed by atoms with Crippen LogP contribution in [0.15, 0.2) is 72.8 Å². The maximum absolute atomic E-state index is 13.5. The van der Waals surface area contributed by atoms with Gasteiger partial charge in [-0.05, 0) is 70.7 Å². The number of aliphatic carboxylic acids is 1. The molecule has 0 saturated heterocycles. The average molecular weight is 619 g/mol. The van der Waals surface area contributed by atoms with Gasteiger partial charge in [0.1, 0.15) is 23.2 Å². The summed E-state index contributed by atoms with van der Waals surface area (Å²) in [5.41, 5.74) is 0.772. The van der Waals surface area contributed by atoms with Gasteiger partial charge in [-0.2, -0.15) is 13.2 Å². The van der Waals surface area contributed by atoms with Crippen molar-refractivity contribution in [3.63, 3.8) is 0 Å². The number of nitrogens with zero attached hydrogens (tertiary/aromatic N) is 1. The van der Waals surface area contributed by atoms with Gasteiger partial charge in [0.15, 0.2) is 0 Å². The molecule has 236 valence electrons. The summed E-state index contributed by atoms with van der Waals surface area (Å²) in [7, 11) is 0. The smallest absolute Gasteiger partial charge is 0.416 e. The maximum Gasteiger partial charge on any atom is 0.416 e. The minimum Gasteiger partial charge on any atom is -0.480 e. The molecule has 0 spiro atoms. The Bertz CT molecular complexity index is 1690. The number of hydrogen-bond donors (Lipinski definition) is 2. The van der Waals surface area contributed by atoms with Gasteiger partial charge in [0.2, 0.25) is 0 Å². The van der Waals surface area contributed by atoms with Crippen LogP contribution in [0.4, 0.5) is 13.2 Å². The molecule has 6 nitrogen and oxygen atoms in total. The van der Waals surface area contributed by atoms with Gasteiger partial charge in [-0.1, -0.05) is 82.9 Å². The Kier molecular flexibility index (Phi) is 9.18. The molecule has 0 bridgehead atoms. The van der Waals surface area contributed by atoms with Gasteiger partial charge in [-0.3, -0.25) is 4.79 Å². The van der Waals surface area contributed by atoms with Crippen molar-refractivity contribution in [1.82, 2.24) is 10.3 Å². The van der Waals surface area contributed by atoms with Crippen molar-refractivity contribution in [2.24, 2.45) is 5.92 Å². The first-order valence-electron chi connectivity index (χ1n) is 15.2. The zero-order valence-corrected chi connectivity index (χ0v) is 25.6. The van der Waals surface area contributed by atoms with E-state index in [2.05, 4.69) is 31.1 Å². The maximum atomic E-state index is 13.5. The second kappa shape index (κ2) is 12.9. The molecule has 1 aromatic heterocycles. The highest BCUT2D eigenvalue weighted by Gasteiger charge is 2.34. The second-order valence-electron chi connectivity index (χ2n) is 12.8. The number of ether oxygens (including phenoxy) is 1. The second-order valence-corrected chi connectivity index (χ2v) is 12.8. The topological polar surface area (TPSA) is 88.5 Å². The predicted octanol–water partition coefficient (Wildman–Crippen LogP) is 8.50. The highest BCUT2D eigenvalue weighted by atomic mass is 19.4. The van der Waals surface area contributed by atoms with Crippen LogP contribution >= 0.6 is 0 Å². The summed E-state index contributed by atoms with van der Waals surface area (Å²) < 4.78 is 46.8. The molecule has 1 heterocycles. The summed E-state index contributed by atoms with van der Waals surface area (Å²) in [6.07, 6.45) is -0.190. The van der Waals surface area contributed by atoms with Crippen molar-refractivity contribution in [2.45, 2.75) is 76.9 Å². The van der Waals surface area contributed by atoms with Crippen molar-refractivity contribution >= 4 is 22.6 Å². The first-order chi connectivity index (χ1) is 21.3. The number of carboxylic acids is 1. The number of nitrogens with one attached hydrogen (secondary N) is 1. The predicted molar refractivity (Wildman–Crippen MR) is 167 cm³/mol. The van der Waals surface area contributed by atoms with Crippen LogP contribution in [0.5, 0.6) is 11.5 Å². The van der Waals surface area contributed by atoms with Crippen molar-refractivity contribution in [3.8, 4) is 11.5 Å². The van der Waals surface area contributed by atoms with Gasteiger partial charge < -0.3 is 15.2 Å². The highest BCUT2D eigenvalue weighted by Crippen LogP contribution is 2.34. The molecule has 3 aromatic carbocycles. The summed E-state index contributed by atoms with van der Waals surface area (Å²) >= 11 is 0. The summed E-state index contributed by atoms with van der Waals surface area (Å²) in [5.74, 6) is -0.494. The molecule has 1 amide bonds. The minimum absolute atomic E-state index is 0.0114. The normalized spacial score (nSPS) is 14.8. The zero-order valence-electron chi connectivity index (χ0n) is 25.6. The first kappa shape index (κ1) is 32.0. The molecule has 0 unspecified atom stereocenters. The molecule has 45 heavy (non-hydrogen) atoms. The number of aromatic nitrogens is 1. The van der Waals surface area contributed by atoms with Gasteiger partial charge in [0.05, 0.1) is 5.56 Å². The van der Waals surface area contributed by atoms with Gasteiger partial charge in [-0.25, -0.2) is 9.78 Å². The Morgan fingerprint density at radius 1 is 0.956 bits per heavy atom. The highest BCUT2D eigenvalue weighted by molar-refractivity contribution is 5.99. The number of benzene rings is 3. The molecule has 9 heteroatoms. The summed E-state index contributed by atoms with van der Waals surface area (Å²) in [4.78, 5) is 30.1. The van der Waals surface area contributed by atoms with E-state index >= 15 is 0 Å². The van der Waals surface area contributed by atoms with Crippen molar-refractivity contribution in [3.05, 3.63) is 101 Å². The third kappa shape index (κ3) is 7.82. The van der Waals surface area contributed by atoms with Gasteiger partial charge >= 0.3 is 12.1 Å². The van der Waals surface area contributed by atoms with E-state index in [1.54, 1.807) is 12.1 Å². The lowest BCUT2D eigenvalue weighted by atomic mass is 9.87. The number of carbonyl (C=O) groups is 2. The number of hydrogen-bond acceptors (Lipinski definition) is 4. The number of halogens is 3. The molecule has 2 N–H and O–H groups in total. The van der Waals surface area contributed by atoms with E-state index in [4.69, 9.17) is 4.74 Å². The fourth-order valence-corrected chi connectivity index (χ4v) is 5.91. The number of carboxylic acid groups (broad SMARTS) is 1. The molecule has 1 saturated carbocycles. The number of carbonyl (C=O) groups excluding carboxylic acids is 1. The lowest BCUT2D eigenvalue weighted by molar-refractivity contribution is -0.141. The Morgan fingerprint density at radius 3 is 2.27 bits per heavy atom. The molecule has 4 aromatic rings. The van der Waals surface area contributed by atoms with E-state index < -0.39 is 36.1 Å². The number of rotatable bonds is 9. The van der Waals surface area contributed by atoms with Crippen LogP contribution in [0.3, 0.4) is 0 Å². The molecule has 1 aliphatic rings. The van der Waals surface area contributed by atoms with Crippen molar-refractivity contribution < 1.29 is 32.6 Å². The fourth-order valence-electron chi connectivity index (χ4n) is 5.91. The molecule has 1 atom stereocenters. The van der Waals surface area contributed by atoms with Crippen LogP contribution < -0.4 is 10.1 Å². The summed E-state index contributed by atoms with van der Waals surface area (Å²) in [5, 5.41) is 13.8. The van der Waals surface area contributed by atoms with Gasteiger partial charge in [-0.15, -0.1) is 0 Å². The van der Waals surface area contributed by atoms with Crippen LogP contribution in [0, 0.1) is 5.92 Å². The Morgan fingerprint density at radius 2 is 1.62 bits per heavy atom. The van der Waals surface area contributed by atoms with Crippen molar-refractivity contribution in [1.29, 1.82) is 0 Å². The Labute approximate surface area is 260 Å². The molecule has 1 aliphatic carbocycles. The van der Waals surface area contributed by atoms with E-state index in [0.29, 0.717) is 29.5 Å². The molecular formula is C36H37F3N2O4. The van der Waals surface area contributed by atoms with Crippen LogP contribution in [0.1, 0.15) is 79.3 Å². The number of fused-ring (bicyclic) bond motifs is 1. The van der Waals surface area contributed by atoms with Gasteiger partial charge in [0.25, 0.3) is 5.91 Å². The average Bonchev–Trinajstić information content (AvgIpc) is 3.49. The lowest BCUT2D eigenvalue weighted by Gasteiger charge is -2.19. The third-order valence-corrected chi connectivity index (χ3v) is 8.38. The standard InChI is InChI=1S/C36H37F3N2O4/c1-35(2,3)25-13-16-26(17-14-25)45-27-15-12-23-19-31(40-30(28(23)21-27)18-22-8-4-5-9-22)33(42)41-32(34(43)44)20-24-10-6-7-11-29(24)36(37,38)39/h6-7,10-17,19,21-22,32H,4-5,8-9,18,20H2,1-3H3,(H,41,42)(H,43,44)/t32-/m0/s1. The quantitative estimate of drug-likeness (QED) is 0.196. The Balaban J connectivity index is 1.43. The molecule has 0 aliphatic heterocycles. The van der Waals surface area contributed by atoms with E-state index in [1.165, 1.54) is 23.8 Å². The SMILES string of the molecule is CC(C)(C)c1ccc(Oc2ccc3cc(C(=O)N[C@@H](Cc4ccccc4C(F)(F)F)C(=O)O)nc(CC4CCCC4)c3c2)cc1. The summed E-state index contributed by atoms with van der Waals surface area (Å²) in [6.45, 7) is 6.44. The monoisotopic (exact) mass is 618 g/mol. The van der Waals surface area contributed by atoms with Crippen LogP contribution in [0.2, 0.25) is 0 Å². The number of alkyl halides is 3. The largest absolute Gasteiger partial charge is 0.480 e. The summed E-state index contributed by atoms with van der Waals surface area (Å²) in [6, 6.07) is 18.2. The number of amides is 1. The van der Waals surface area contributed by atoms with E-state index in [9.17, 15) is 27.9 Å². The van der Waals surface area contributed by atoms with Crippen LogP contribution in [0.25, 0.3) is 10.8 Å². The molecular weight excluding hydrogens is 581 g/mol. The number of pyridine rings is 1. The Hall–Kier alpha value is -4.40. The lowest BCUT2D eigenvalue weighted by Crippen LogP contribution is -2.43. The van der Waals surface area contributed by atoms with Crippen LogP contribution in [-0.4, -0.2) is 28.0 Å². The van der Waals surface area contributed by atoms with E-state index in [0.717, 1.165) is 42.5 Å². The van der Waals surface area contributed by atoms with Gasteiger partial charge in [0, 0.05) is 17.5 Å². The minimum atomic E-state index is -4.66. The van der Waals surface area contributed by atoms with E-state index in [1.807, 2.05) is 36.4 Å². The molecule has 0 radical (unpaired) electrons. The van der Waals surface area contributed by atoms with Crippen LogP contribution in [-0.2, 0) is 29.2 Å². The third-order valence-electron chi connectivity index (χ3n) is 8.38. The molecule has 1 fully saturated rings. The van der Waals surface area contributed by atoms with E-state index in [-0.39, 0.29) is 16.7 Å². The first-order valence-corrected chi connectivity index (χ1v) is 15.2. The van der Waals surface area contributed by atoms with Crippen molar-refractivity contribution in [2.75, 3.05) is 0 Å². The zero-order chi connectivity index (χ0) is 32.4. The fraction of sp³-hybridized carbons (Fsp3) is 0.361.